The van der Waals surface area contributed by atoms with E-state index in [4.69, 9.17) is 14.7 Å². The number of aromatic nitrogens is 2. The van der Waals surface area contributed by atoms with E-state index >= 15 is 0 Å². The van der Waals surface area contributed by atoms with Crippen LogP contribution >= 0.6 is 0 Å². The Morgan fingerprint density at radius 2 is 2.07 bits per heavy atom. The highest BCUT2D eigenvalue weighted by molar-refractivity contribution is 5.92. The second kappa shape index (κ2) is 7.24. The lowest BCUT2D eigenvalue weighted by Gasteiger charge is -2.20. The molecule has 0 bridgehead atoms. The Labute approximate surface area is 159 Å². The van der Waals surface area contributed by atoms with Crippen molar-refractivity contribution in [2.45, 2.75) is 25.4 Å². The van der Waals surface area contributed by atoms with Crippen molar-refractivity contribution < 1.29 is 18.7 Å². The third-order valence-electron chi connectivity index (χ3n) is 4.67. The zero-order valence-electron chi connectivity index (χ0n) is 14.8. The number of benzene rings is 1. The van der Waals surface area contributed by atoms with Crippen molar-refractivity contribution in [2.75, 3.05) is 6.54 Å². The molecule has 0 aliphatic carbocycles. The Balaban J connectivity index is 1.55. The van der Waals surface area contributed by atoms with Crippen LogP contribution in [0.3, 0.4) is 0 Å². The first-order valence-electron chi connectivity index (χ1n) is 8.75. The van der Waals surface area contributed by atoms with Gasteiger partial charge in [0.2, 0.25) is 11.7 Å². The highest BCUT2D eigenvalue weighted by Crippen LogP contribution is 2.34. The van der Waals surface area contributed by atoms with Gasteiger partial charge in [0.1, 0.15) is 11.0 Å². The quantitative estimate of drug-likeness (QED) is 0.523. The van der Waals surface area contributed by atoms with Crippen LogP contribution in [0.2, 0.25) is 0 Å². The number of rotatable bonds is 5. The summed E-state index contributed by atoms with van der Waals surface area (Å²) < 4.78 is 10.4. The molecular formula is C18H17N5O5. The van der Waals surface area contributed by atoms with Gasteiger partial charge in [-0.05, 0) is 24.5 Å². The molecule has 0 spiro atoms. The molecule has 3 heterocycles. The molecule has 10 heteroatoms. The van der Waals surface area contributed by atoms with Crippen LogP contribution in [0.25, 0.3) is 11.4 Å². The lowest BCUT2D eigenvalue weighted by Crippen LogP contribution is -2.30. The summed E-state index contributed by atoms with van der Waals surface area (Å²) in [4.78, 5) is 28.8. The summed E-state index contributed by atoms with van der Waals surface area (Å²) in [6.45, 7) is 0.919. The Morgan fingerprint density at radius 1 is 1.29 bits per heavy atom. The number of hydrogen-bond acceptors (Lipinski definition) is 8. The summed E-state index contributed by atoms with van der Waals surface area (Å²) in [7, 11) is 0. The number of carbonyl (C=O) groups excluding carboxylic acids is 1. The fourth-order valence-electron chi connectivity index (χ4n) is 3.23. The van der Waals surface area contributed by atoms with E-state index in [9.17, 15) is 14.9 Å². The van der Waals surface area contributed by atoms with Crippen LogP contribution in [0.4, 0.5) is 5.88 Å². The predicted octanol–water partition coefficient (Wildman–Crippen LogP) is 2.67. The first-order chi connectivity index (χ1) is 13.6. The van der Waals surface area contributed by atoms with Gasteiger partial charge in [0, 0.05) is 18.7 Å². The molecule has 0 radical (unpaired) electrons. The van der Waals surface area contributed by atoms with E-state index in [0.717, 1.165) is 23.6 Å². The van der Waals surface area contributed by atoms with Crippen LogP contribution in [-0.4, -0.2) is 32.4 Å². The molecule has 1 aromatic carbocycles. The predicted molar refractivity (Wildman–Crippen MR) is 96.0 cm³/mol. The topological polar surface area (TPSA) is 142 Å². The monoisotopic (exact) mass is 383 g/mol. The Hall–Kier alpha value is -3.53. The second-order valence-corrected chi connectivity index (χ2v) is 6.41. The number of likely N-dealkylation sites (tertiary alicyclic amines) is 1. The standard InChI is InChI=1S/C18H17N5O5/c19-10-11-3-5-12(6-4-11)16-20-17(28-21-16)13-2-1-9-22(13)18(24)14-7-8-15(27-14)23(25)26/h3-8,13H,1-2,9-10,19H2. The highest BCUT2D eigenvalue weighted by Gasteiger charge is 2.36. The number of nitrogens with two attached hydrogens (primary N) is 1. The maximum atomic E-state index is 12.7. The zero-order chi connectivity index (χ0) is 19.7. The minimum absolute atomic E-state index is 0.0873. The van der Waals surface area contributed by atoms with Crippen molar-refractivity contribution in [3.8, 4) is 11.4 Å². The molecule has 2 aromatic heterocycles. The third-order valence-corrected chi connectivity index (χ3v) is 4.67. The van der Waals surface area contributed by atoms with Crippen LogP contribution < -0.4 is 5.73 Å². The SMILES string of the molecule is NCc1ccc(-c2noc(C3CCCN3C(=O)c3ccc([N+](=O)[O-])o3)n2)cc1. The number of hydrogen-bond donors (Lipinski definition) is 1. The van der Waals surface area contributed by atoms with E-state index in [0.29, 0.717) is 31.2 Å². The molecule has 2 N–H and O–H groups in total. The summed E-state index contributed by atoms with van der Waals surface area (Å²) in [6.07, 6.45) is 1.41. The number of nitrogens with zero attached hydrogens (tertiary/aromatic N) is 4. The van der Waals surface area contributed by atoms with Crippen LogP contribution in [0.5, 0.6) is 0 Å². The minimum atomic E-state index is -0.682. The van der Waals surface area contributed by atoms with Crippen molar-refractivity contribution in [1.82, 2.24) is 15.0 Å². The van der Waals surface area contributed by atoms with Gasteiger partial charge in [0.15, 0.2) is 5.76 Å². The first-order valence-corrected chi connectivity index (χ1v) is 8.75. The molecule has 0 saturated carbocycles. The van der Waals surface area contributed by atoms with Gasteiger partial charge in [-0.3, -0.25) is 14.9 Å². The average Bonchev–Trinajstić information content (AvgIpc) is 3.47. The molecule has 4 rings (SSSR count). The van der Waals surface area contributed by atoms with Crippen molar-refractivity contribution in [1.29, 1.82) is 0 Å². The Bertz CT molecular complexity index is 1010. The number of furan rings is 1. The van der Waals surface area contributed by atoms with Gasteiger partial charge < -0.3 is 19.6 Å². The lowest BCUT2D eigenvalue weighted by molar-refractivity contribution is -0.402. The van der Waals surface area contributed by atoms with Crippen LogP contribution in [0.15, 0.2) is 45.3 Å². The van der Waals surface area contributed by atoms with Gasteiger partial charge in [-0.2, -0.15) is 4.98 Å². The summed E-state index contributed by atoms with van der Waals surface area (Å²) >= 11 is 0. The number of carbonyl (C=O) groups is 1. The highest BCUT2D eigenvalue weighted by atomic mass is 16.6. The molecule has 1 amide bonds. The van der Waals surface area contributed by atoms with E-state index in [2.05, 4.69) is 10.1 Å². The third kappa shape index (κ3) is 3.25. The molecule has 1 saturated heterocycles. The molecular weight excluding hydrogens is 366 g/mol. The summed E-state index contributed by atoms with van der Waals surface area (Å²) in [5.41, 5.74) is 7.38. The van der Waals surface area contributed by atoms with Crippen LogP contribution in [0, 0.1) is 10.1 Å². The molecule has 1 unspecified atom stereocenters. The van der Waals surface area contributed by atoms with Crippen molar-refractivity contribution >= 4 is 11.8 Å². The van der Waals surface area contributed by atoms with E-state index in [1.807, 2.05) is 24.3 Å². The largest absolute Gasteiger partial charge is 0.433 e. The smallest absolute Gasteiger partial charge is 0.395 e. The van der Waals surface area contributed by atoms with Crippen LogP contribution in [-0.2, 0) is 6.54 Å². The number of nitro groups is 1. The van der Waals surface area contributed by atoms with Crippen molar-refractivity contribution in [3.63, 3.8) is 0 Å². The van der Waals surface area contributed by atoms with E-state index < -0.39 is 22.8 Å². The average molecular weight is 383 g/mol. The summed E-state index contributed by atoms with van der Waals surface area (Å²) in [6, 6.07) is 9.55. The van der Waals surface area contributed by atoms with E-state index in [1.165, 1.54) is 11.0 Å². The van der Waals surface area contributed by atoms with Gasteiger partial charge in [-0.25, -0.2) is 0 Å². The molecule has 3 aromatic rings. The lowest BCUT2D eigenvalue weighted by atomic mass is 10.1. The molecule has 10 nitrogen and oxygen atoms in total. The van der Waals surface area contributed by atoms with Crippen LogP contribution in [0.1, 0.15) is 40.9 Å². The van der Waals surface area contributed by atoms with Gasteiger partial charge in [-0.1, -0.05) is 29.4 Å². The molecule has 28 heavy (non-hydrogen) atoms. The minimum Gasteiger partial charge on any atom is -0.395 e. The van der Waals surface area contributed by atoms with Gasteiger partial charge in [-0.15, -0.1) is 0 Å². The maximum Gasteiger partial charge on any atom is 0.433 e. The van der Waals surface area contributed by atoms with Gasteiger partial charge in [0.25, 0.3) is 5.91 Å². The Kier molecular flexibility index (Phi) is 4.62. The Morgan fingerprint density at radius 3 is 2.75 bits per heavy atom. The number of amides is 1. The van der Waals surface area contributed by atoms with Crippen molar-refractivity contribution in [3.05, 3.63) is 63.7 Å². The van der Waals surface area contributed by atoms with Crippen molar-refractivity contribution in [2.24, 2.45) is 5.73 Å². The van der Waals surface area contributed by atoms with E-state index in [-0.39, 0.29) is 5.76 Å². The normalized spacial score (nSPS) is 16.5. The second-order valence-electron chi connectivity index (χ2n) is 6.41. The maximum absolute atomic E-state index is 12.7. The molecule has 1 aliphatic heterocycles. The van der Waals surface area contributed by atoms with E-state index in [1.54, 1.807) is 0 Å². The molecule has 1 atom stereocenters. The fourth-order valence-corrected chi connectivity index (χ4v) is 3.23. The summed E-state index contributed by atoms with van der Waals surface area (Å²) in [5.74, 6) is -0.255. The van der Waals surface area contributed by atoms with Gasteiger partial charge >= 0.3 is 5.88 Å². The summed E-state index contributed by atoms with van der Waals surface area (Å²) in [5, 5.41) is 14.8. The molecule has 1 fully saturated rings. The van der Waals surface area contributed by atoms with Gasteiger partial charge in [0.05, 0.1) is 6.07 Å². The molecule has 144 valence electrons. The first kappa shape index (κ1) is 17.9. The zero-order valence-corrected chi connectivity index (χ0v) is 14.8. The fraction of sp³-hybridized carbons (Fsp3) is 0.278. The molecule has 1 aliphatic rings.